The summed E-state index contributed by atoms with van der Waals surface area (Å²) in [7, 11) is 0. The zero-order valence-corrected chi connectivity index (χ0v) is 10.8. The number of fused-ring (bicyclic) bond motifs is 1. The van der Waals surface area contributed by atoms with Crippen LogP contribution in [-0.4, -0.2) is 38.6 Å². The Labute approximate surface area is 110 Å². The predicted molar refractivity (Wildman–Crippen MR) is 69.5 cm³/mol. The molecule has 100 valence electrons. The third-order valence-corrected chi connectivity index (χ3v) is 4.10. The van der Waals surface area contributed by atoms with Crippen LogP contribution in [0, 0.1) is 5.41 Å². The van der Waals surface area contributed by atoms with E-state index in [1.165, 1.54) is 0 Å². The number of carbonyl (C=O) groups excluding carboxylic acids is 1. The number of nitrogens with zero attached hydrogens (tertiary/aromatic N) is 2. The van der Waals surface area contributed by atoms with Crippen LogP contribution in [0.25, 0.3) is 11.0 Å². The van der Waals surface area contributed by atoms with Gasteiger partial charge in [-0.05, 0) is 24.6 Å². The van der Waals surface area contributed by atoms with Gasteiger partial charge in [0.25, 0.3) is 5.91 Å². The number of nitrogens with one attached hydrogen (secondary N) is 2. The molecule has 1 aromatic carbocycles. The highest BCUT2D eigenvalue weighted by Crippen LogP contribution is 2.40. The number of carbonyl (C=O) groups is 1. The molecule has 0 spiro atoms. The molecule has 2 atom stereocenters. The van der Waals surface area contributed by atoms with Crippen LogP contribution in [0.4, 0.5) is 0 Å². The lowest BCUT2D eigenvalue weighted by atomic mass is 9.64. The molecule has 0 aliphatic heterocycles. The molecule has 1 saturated carbocycles. The number of H-pyrrole nitrogens is 1. The summed E-state index contributed by atoms with van der Waals surface area (Å²) in [6.45, 7) is 3.90. The van der Waals surface area contributed by atoms with Gasteiger partial charge in [0, 0.05) is 17.0 Å². The van der Waals surface area contributed by atoms with E-state index in [2.05, 4.69) is 20.7 Å². The van der Waals surface area contributed by atoms with E-state index in [0.717, 1.165) is 5.52 Å². The maximum Gasteiger partial charge on any atom is 0.251 e. The number of aliphatic hydroxyl groups is 1. The lowest BCUT2D eigenvalue weighted by Gasteiger charge is -2.49. The maximum absolute atomic E-state index is 12.2. The summed E-state index contributed by atoms with van der Waals surface area (Å²) < 4.78 is 0. The van der Waals surface area contributed by atoms with E-state index in [1.54, 1.807) is 18.2 Å². The quantitative estimate of drug-likeness (QED) is 0.746. The lowest BCUT2D eigenvalue weighted by molar-refractivity contribution is -0.0689. The Morgan fingerprint density at radius 3 is 2.84 bits per heavy atom. The maximum atomic E-state index is 12.2. The lowest BCUT2D eigenvalue weighted by Crippen LogP contribution is -2.61. The minimum atomic E-state index is -0.351. The summed E-state index contributed by atoms with van der Waals surface area (Å²) in [6, 6.07) is 5.19. The van der Waals surface area contributed by atoms with E-state index in [1.807, 2.05) is 13.8 Å². The monoisotopic (exact) mass is 260 g/mol. The van der Waals surface area contributed by atoms with Crippen molar-refractivity contribution in [2.75, 3.05) is 0 Å². The van der Waals surface area contributed by atoms with Gasteiger partial charge in [-0.15, -0.1) is 0 Å². The molecule has 1 aromatic heterocycles. The average Bonchev–Trinajstić information content (AvgIpc) is 2.85. The molecule has 1 amide bonds. The number of rotatable bonds is 2. The van der Waals surface area contributed by atoms with Gasteiger partial charge in [0.15, 0.2) is 0 Å². The summed E-state index contributed by atoms with van der Waals surface area (Å²) in [5.74, 6) is -0.144. The molecule has 0 radical (unpaired) electrons. The van der Waals surface area contributed by atoms with Crippen molar-refractivity contribution in [1.29, 1.82) is 0 Å². The van der Waals surface area contributed by atoms with E-state index >= 15 is 0 Å². The average molecular weight is 260 g/mol. The summed E-state index contributed by atoms with van der Waals surface area (Å²) in [6.07, 6.45) is 0.251. The molecule has 1 fully saturated rings. The van der Waals surface area contributed by atoms with Gasteiger partial charge in [0.2, 0.25) is 0 Å². The highest BCUT2D eigenvalue weighted by molar-refractivity contribution is 5.97. The van der Waals surface area contributed by atoms with Gasteiger partial charge < -0.3 is 10.4 Å². The zero-order chi connectivity index (χ0) is 13.6. The third kappa shape index (κ3) is 1.88. The van der Waals surface area contributed by atoms with E-state index in [9.17, 15) is 9.90 Å². The van der Waals surface area contributed by atoms with Crippen LogP contribution < -0.4 is 5.32 Å². The molecular weight excluding hydrogens is 244 g/mol. The molecule has 2 aromatic rings. The molecule has 1 heterocycles. The molecule has 3 rings (SSSR count). The van der Waals surface area contributed by atoms with Gasteiger partial charge in [0.1, 0.15) is 11.0 Å². The molecule has 19 heavy (non-hydrogen) atoms. The summed E-state index contributed by atoms with van der Waals surface area (Å²) in [5, 5.41) is 23.0. The van der Waals surface area contributed by atoms with E-state index in [0.29, 0.717) is 17.5 Å². The minimum absolute atomic E-state index is 0.00278. The Morgan fingerprint density at radius 1 is 1.42 bits per heavy atom. The van der Waals surface area contributed by atoms with Crippen molar-refractivity contribution < 1.29 is 9.90 Å². The number of amides is 1. The number of benzene rings is 1. The fraction of sp³-hybridized carbons (Fsp3) is 0.462. The van der Waals surface area contributed by atoms with Crippen molar-refractivity contribution in [3.05, 3.63) is 23.8 Å². The van der Waals surface area contributed by atoms with E-state index in [4.69, 9.17) is 0 Å². The van der Waals surface area contributed by atoms with Crippen molar-refractivity contribution in [3.63, 3.8) is 0 Å². The third-order valence-electron chi connectivity index (χ3n) is 4.10. The summed E-state index contributed by atoms with van der Waals surface area (Å²) >= 11 is 0. The molecular formula is C13H16N4O2. The van der Waals surface area contributed by atoms with Crippen LogP contribution in [0.3, 0.4) is 0 Å². The van der Waals surface area contributed by atoms with E-state index < -0.39 is 0 Å². The van der Waals surface area contributed by atoms with Crippen LogP contribution in [-0.2, 0) is 0 Å². The molecule has 6 nitrogen and oxygen atoms in total. The molecule has 2 unspecified atom stereocenters. The summed E-state index contributed by atoms with van der Waals surface area (Å²) in [5.41, 5.74) is 1.68. The highest BCUT2D eigenvalue weighted by Gasteiger charge is 2.47. The molecule has 6 heteroatoms. The fourth-order valence-electron chi connectivity index (χ4n) is 2.37. The second kappa shape index (κ2) is 4.03. The van der Waals surface area contributed by atoms with Gasteiger partial charge in [-0.1, -0.05) is 13.8 Å². The fourth-order valence-corrected chi connectivity index (χ4v) is 2.37. The predicted octanol–water partition coefficient (Wildman–Crippen LogP) is 0.847. The highest BCUT2D eigenvalue weighted by atomic mass is 16.3. The number of aromatic nitrogens is 3. The van der Waals surface area contributed by atoms with Crippen molar-refractivity contribution in [1.82, 2.24) is 20.7 Å². The first-order chi connectivity index (χ1) is 8.98. The topological polar surface area (TPSA) is 90.9 Å². The van der Waals surface area contributed by atoms with Crippen molar-refractivity contribution >= 4 is 16.9 Å². The first-order valence-corrected chi connectivity index (χ1v) is 6.28. The van der Waals surface area contributed by atoms with Gasteiger partial charge in [0.05, 0.1) is 6.10 Å². The summed E-state index contributed by atoms with van der Waals surface area (Å²) in [4.78, 5) is 12.2. The first-order valence-electron chi connectivity index (χ1n) is 6.28. The van der Waals surface area contributed by atoms with Crippen LogP contribution in [0.5, 0.6) is 0 Å². The number of aliphatic hydroxyl groups excluding tert-OH is 1. The van der Waals surface area contributed by atoms with Crippen molar-refractivity contribution in [2.24, 2.45) is 5.41 Å². The molecule has 1 aliphatic carbocycles. The molecule has 0 bridgehead atoms. The number of aromatic amines is 1. The Kier molecular flexibility index (Phi) is 2.56. The molecule has 0 saturated heterocycles. The smallest absolute Gasteiger partial charge is 0.251 e. The second-order valence-electron chi connectivity index (χ2n) is 5.63. The Hall–Kier alpha value is -1.95. The van der Waals surface area contributed by atoms with E-state index in [-0.39, 0.29) is 23.5 Å². The number of hydrogen-bond acceptors (Lipinski definition) is 4. The minimum Gasteiger partial charge on any atom is -0.392 e. The first kappa shape index (κ1) is 12.1. The van der Waals surface area contributed by atoms with Crippen LogP contribution in [0.1, 0.15) is 30.6 Å². The van der Waals surface area contributed by atoms with Crippen LogP contribution in [0.15, 0.2) is 18.2 Å². The SMILES string of the molecule is CC1(C)C(O)CC1NC(=O)c1ccc2n[nH]nc2c1. The van der Waals surface area contributed by atoms with Gasteiger partial charge >= 0.3 is 0 Å². The van der Waals surface area contributed by atoms with Crippen molar-refractivity contribution in [2.45, 2.75) is 32.4 Å². The van der Waals surface area contributed by atoms with Gasteiger partial charge in [-0.3, -0.25) is 4.79 Å². The number of hydrogen-bond donors (Lipinski definition) is 3. The Bertz CT molecular complexity index is 634. The standard InChI is InChI=1S/C13H16N4O2/c1-13(2)10(6-11(13)18)14-12(19)7-3-4-8-9(5-7)16-17-15-8/h3-5,10-11,18H,6H2,1-2H3,(H,14,19)(H,15,16,17). The van der Waals surface area contributed by atoms with Crippen LogP contribution >= 0.6 is 0 Å². The van der Waals surface area contributed by atoms with Gasteiger partial charge in [-0.25, -0.2) is 0 Å². The normalized spacial score (nSPS) is 25.0. The Morgan fingerprint density at radius 2 is 2.16 bits per heavy atom. The Balaban J connectivity index is 1.77. The largest absolute Gasteiger partial charge is 0.392 e. The molecule has 1 aliphatic rings. The van der Waals surface area contributed by atoms with Gasteiger partial charge in [-0.2, -0.15) is 15.4 Å². The van der Waals surface area contributed by atoms with Crippen molar-refractivity contribution in [3.8, 4) is 0 Å². The zero-order valence-electron chi connectivity index (χ0n) is 10.8. The van der Waals surface area contributed by atoms with Crippen LogP contribution in [0.2, 0.25) is 0 Å². The molecule has 3 N–H and O–H groups in total. The second-order valence-corrected chi connectivity index (χ2v) is 5.63.